The summed E-state index contributed by atoms with van der Waals surface area (Å²) in [5.74, 6) is -0.382. The third-order valence-electron chi connectivity index (χ3n) is 2.32. The highest BCUT2D eigenvalue weighted by Gasteiger charge is 2.06. The molecule has 0 aliphatic heterocycles. The van der Waals surface area contributed by atoms with Crippen LogP contribution in [0.3, 0.4) is 0 Å². The molecule has 1 aromatic rings. The third-order valence-corrected chi connectivity index (χ3v) is 2.78. The van der Waals surface area contributed by atoms with Gasteiger partial charge in [0, 0.05) is 18.0 Å². The van der Waals surface area contributed by atoms with Crippen LogP contribution in [0.25, 0.3) is 0 Å². The molecule has 0 bridgehead atoms. The van der Waals surface area contributed by atoms with Crippen molar-refractivity contribution in [2.45, 2.75) is 38.2 Å². The van der Waals surface area contributed by atoms with Crippen molar-refractivity contribution >= 4 is 23.2 Å². The smallest absolute Gasteiger partial charge is 0.141 e. The number of alkyl halides is 1. The zero-order valence-corrected chi connectivity index (χ0v) is 10.9. The largest absolute Gasteiger partial charge is 0.310 e. The van der Waals surface area contributed by atoms with Gasteiger partial charge in [0.15, 0.2) is 0 Å². The Kier molecular flexibility index (Phi) is 5.53. The van der Waals surface area contributed by atoms with Crippen molar-refractivity contribution in [3.05, 3.63) is 34.6 Å². The van der Waals surface area contributed by atoms with Crippen molar-refractivity contribution in [3.63, 3.8) is 0 Å². The molecule has 0 radical (unpaired) electrons. The number of benzene rings is 1. The lowest BCUT2D eigenvalue weighted by Gasteiger charge is -2.15. The van der Waals surface area contributed by atoms with Gasteiger partial charge < -0.3 is 5.32 Å². The van der Waals surface area contributed by atoms with Crippen LogP contribution >= 0.6 is 23.2 Å². The minimum atomic E-state index is -0.382. The van der Waals surface area contributed by atoms with E-state index in [9.17, 15) is 4.39 Å². The second-order valence-corrected chi connectivity index (χ2v) is 5.20. The van der Waals surface area contributed by atoms with Gasteiger partial charge in [0.05, 0.1) is 5.02 Å². The highest BCUT2D eigenvalue weighted by Crippen LogP contribution is 2.16. The van der Waals surface area contributed by atoms with Crippen molar-refractivity contribution in [2.24, 2.45) is 0 Å². The predicted molar refractivity (Wildman–Crippen MR) is 67.6 cm³/mol. The van der Waals surface area contributed by atoms with Gasteiger partial charge in [-0.25, -0.2) is 4.39 Å². The van der Waals surface area contributed by atoms with Crippen LogP contribution in [0, 0.1) is 5.82 Å². The van der Waals surface area contributed by atoms with E-state index in [2.05, 4.69) is 12.2 Å². The summed E-state index contributed by atoms with van der Waals surface area (Å²) in [6.45, 7) is 4.71. The molecular weight excluding hydrogens is 248 g/mol. The molecule has 1 nitrogen and oxygen atoms in total. The first-order chi connectivity index (χ1) is 7.49. The Morgan fingerprint density at radius 3 is 2.62 bits per heavy atom. The zero-order chi connectivity index (χ0) is 12.1. The van der Waals surface area contributed by atoms with Crippen molar-refractivity contribution in [1.82, 2.24) is 5.32 Å². The summed E-state index contributed by atoms with van der Waals surface area (Å²) in [5, 5.41) is 3.63. The van der Waals surface area contributed by atoms with E-state index in [1.807, 2.05) is 6.92 Å². The molecule has 0 spiro atoms. The van der Waals surface area contributed by atoms with Gasteiger partial charge in [0.2, 0.25) is 0 Å². The maximum atomic E-state index is 12.9. The summed E-state index contributed by atoms with van der Waals surface area (Å²) in [7, 11) is 0. The SMILES string of the molecule is CC(Cl)CC(C)NCc1ccc(F)c(Cl)c1. The molecule has 90 valence electrons. The van der Waals surface area contributed by atoms with E-state index < -0.39 is 0 Å². The van der Waals surface area contributed by atoms with Crippen LogP contribution in [0.2, 0.25) is 5.02 Å². The molecule has 1 aromatic carbocycles. The maximum Gasteiger partial charge on any atom is 0.141 e. The Bertz CT molecular complexity index is 342. The lowest BCUT2D eigenvalue weighted by Crippen LogP contribution is -2.27. The zero-order valence-electron chi connectivity index (χ0n) is 9.43. The molecule has 1 rings (SSSR count). The van der Waals surface area contributed by atoms with E-state index in [1.54, 1.807) is 12.1 Å². The van der Waals surface area contributed by atoms with Crippen molar-refractivity contribution in [3.8, 4) is 0 Å². The normalized spacial score (nSPS) is 14.8. The molecule has 0 aliphatic carbocycles. The Hall–Kier alpha value is -0.310. The molecular formula is C12H16Cl2FN. The number of halogens is 3. The average molecular weight is 264 g/mol. The van der Waals surface area contributed by atoms with Crippen LogP contribution < -0.4 is 5.32 Å². The average Bonchev–Trinajstić information content (AvgIpc) is 2.19. The fourth-order valence-corrected chi connectivity index (χ4v) is 1.98. The summed E-state index contributed by atoms with van der Waals surface area (Å²) in [6.07, 6.45) is 0.899. The van der Waals surface area contributed by atoms with E-state index >= 15 is 0 Å². The number of hydrogen-bond acceptors (Lipinski definition) is 1. The first kappa shape index (κ1) is 13.8. The topological polar surface area (TPSA) is 12.0 Å². The fraction of sp³-hybridized carbons (Fsp3) is 0.500. The molecule has 4 heteroatoms. The van der Waals surface area contributed by atoms with Gasteiger partial charge in [0.25, 0.3) is 0 Å². The van der Waals surface area contributed by atoms with Gasteiger partial charge in [-0.05, 0) is 38.0 Å². The van der Waals surface area contributed by atoms with Gasteiger partial charge >= 0.3 is 0 Å². The summed E-state index contributed by atoms with van der Waals surface area (Å²) in [6, 6.07) is 5.08. The van der Waals surface area contributed by atoms with Gasteiger partial charge in [-0.15, -0.1) is 11.6 Å². The van der Waals surface area contributed by atoms with Crippen molar-refractivity contribution in [2.75, 3.05) is 0 Å². The second kappa shape index (κ2) is 6.43. The molecule has 2 unspecified atom stereocenters. The quantitative estimate of drug-likeness (QED) is 0.793. The first-order valence-electron chi connectivity index (χ1n) is 5.30. The van der Waals surface area contributed by atoms with Crippen LogP contribution in [0.15, 0.2) is 18.2 Å². The summed E-state index contributed by atoms with van der Waals surface area (Å²) in [4.78, 5) is 0. The number of rotatable bonds is 5. The lowest BCUT2D eigenvalue weighted by atomic mass is 10.1. The summed E-state index contributed by atoms with van der Waals surface area (Å²) < 4.78 is 12.9. The molecule has 1 N–H and O–H groups in total. The lowest BCUT2D eigenvalue weighted by molar-refractivity contribution is 0.511. The van der Waals surface area contributed by atoms with Crippen LogP contribution in [0.4, 0.5) is 4.39 Å². The molecule has 16 heavy (non-hydrogen) atoms. The maximum absolute atomic E-state index is 12.9. The highest BCUT2D eigenvalue weighted by molar-refractivity contribution is 6.30. The second-order valence-electron chi connectivity index (χ2n) is 4.05. The van der Waals surface area contributed by atoms with Crippen LogP contribution in [0.1, 0.15) is 25.8 Å². The predicted octanol–water partition coefficient (Wildman–Crippen LogP) is 3.97. The molecule has 2 atom stereocenters. The van der Waals surface area contributed by atoms with Gasteiger partial charge in [0.1, 0.15) is 5.82 Å². The Morgan fingerprint density at radius 2 is 2.06 bits per heavy atom. The van der Waals surface area contributed by atoms with Crippen LogP contribution in [-0.4, -0.2) is 11.4 Å². The van der Waals surface area contributed by atoms with E-state index in [0.29, 0.717) is 12.6 Å². The summed E-state index contributed by atoms with van der Waals surface area (Å²) >= 11 is 11.6. The van der Waals surface area contributed by atoms with E-state index in [0.717, 1.165) is 12.0 Å². The number of hydrogen-bond donors (Lipinski definition) is 1. The third kappa shape index (κ3) is 4.69. The Balaban J connectivity index is 2.45. The van der Waals surface area contributed by atoms with E-state index in [-0.39, 0.29) is 16.2 Å². The molecule has 0 amide bonds. The molecule has 0 saturated heterocycles. The molecule has 0 fully saturated rings. The molecule has 0 aliphatic rings. The van der Waals surface area contributed by atoms with Gasteiger partial charge in [-0.2, -0.15) is 0 Å². The van der Waals surface area contributed by atoms with Crippen molar-refractivity contribution < 1.29 is 4.39 Å². The van der Waals surface area contributed by atoms with Gasteiger partial charge in [-0.3, -0.25) is 0 Å². The Morgan fingerprint density at radius 1 is 1.38 bits per heavy atom. The highest BCUT2D eigenvalue weighted by atomic mass is 35.5. The number of nitrogens with one attached hydrogen (secondary N) is 1. The van der Waals surface area contributed by atoms with Gasteiger partial charge in [-0.1, -0.05) is 17.7 Å². The minimum absolute atomic E-state index is 0.152. The van der Waals surface area contributed by atoms with Crippen LogP contribution in [0.5, 0.6) is 0 Å². The summed E-state index contributed by atoms with van der Waals surface area (Å²) in [5.41, 5.74) is 0.973. The minimum Gasteiger partial charge on any atom is -0.310 e. The molecule has 0 saturated carbocycles. The standard InChI is InChI=1S/C12H16Cl2FN/c1-8(13)5-9(2)16-7-10-3-4-12(15)11(14)6-10/h3-4,6,8-9,16H,5,7H2,1-2H3. The monoisotopic (exact) mass is 263 g/mol. The van der Waals surface area contributed by atoms with E-state index in [4.69, 9.17) is 23.2 Å². The van der Waals surface area contributed by atoms with Crippen molar-refractivity contribution in [1.29, 1.82) is 0 Å². The molecule has 0 aromatic heterocycles. The first-order valence-corrected chi connectivity index (χ1v) is 6.12. The Labute approximate surface area is 106 Å². The fourth-order valence-electron chi connectivity index (χ4n) is 1.51. The van der Waals surface area contributed by atoms with E-state index in [1.165, 1.54) is 6.07 Å². The van der Waals surface area contributed by atoms with Crippen LogP contribution in [-0.2, 0) is 6.54 Å². The molecule has 0 heterocycles.